The van der Waals surface area contributed by atoms with Crippen LogP contribution >= 0.6 is 23.1 Å². The number of aryl methyl sites for hydroxylation is 1. The molecule has 2 rings (SSSR count). The maximum absolute atomic E-state index is 11.7. The Balaban J connectivity index is 1.95. The molecule has 0 aliphatic carbocycles. The highest BCUT2D eigenvalue weighted by atomic mass is 32.2. The van der Waals surface area contributed by atoms with Gasteiger partial charge in [-0.15, -0.1) is 23.1 Å². The topological polar surface area (TPSA) is 79.3 Å². The Kier molecular flexibility index (Phi) is 4.75. The first kappa shape index (κ1) is 14.5. The number of anilines is 1. The average Bonchev–Trinajstić information content (AvgIpc) is 2.90. The molecule has 0 spiro atoms. The molecule has 5 nitrogen and oxygen atoms in total. The fourth-order valence-electron chi connectivity index (χ4n) is 1.51. The van der Waals surface area contributed by atoms with Crippen LogP contribution in [0, 0.1) is 6.92 Å². The van der Waals surface area contributed by atoms with E-state index >= 15 is 0 Å². The molecule has 0 saturated heterocycles. The lowest BCUT2D eigenvalue weighted by molar-refractivity contribution is -0.113. The van der Waals surface area contributed by atoms with Crippen LogP contribution in [0.5, 0.6) is 0 Å². The molecule has 2 N–H and O–H groups in total. The van der Waals surface area contributed by atoms with E-state index in [1.165, 1.54) is 23.1 Å². The number of thiazole rings is 1. The Morgan fingerprint density at radius 2 is 2.25 bits per heavy atom. The third kappa shape index (κ3) is 3.82. The summed E-state index contributed by atoms with van der Waals surface area (Å²) in [6.45, 7) is 1.74. The van der Waals surface area contributed by atoms with Crippen molar-refractivity contribution in [3.63, 3.8) is 0 Å². The smallest absolute Gasteiger partial charge is 0.335 e. The molecule has 1 amide bonds. The molecule has 0 atom stereocenters. The predicted octanol–water partition coefficient (Wildman–Crippen LogP) is 2.88. The van der Waals surface area contributed by atoms with Crippen molar-refractivity contribution in [2.75, 3.05) is 11.1 Å². The minimum Gasteiger partial charge on any atom is -0.478 e. The molecule has 0 aliphatic heterocycles. The van der Waals surface area contributed by atoms with Crippen LogP contribution in [0.1, 0.15) is 15.9 Å². The predicted molar refractivity (Wildman–Crippen MR) is 79.6 cm³/mol. The lowest BCUT2D eigenvalue weighted by atomic mass is 10.1. The van der Waals surface area contributed by atoms with E-state index in [0.717, 1.165) is 4.90 Å². The normalized spacial score (nSPS) is 10.2. The van der Waals surface area contributed by atoms with Crippen molar-refractivity contribution in [3.05, 3.63) is 40.9 Å². The Labute approximate surface area is 124 Å². The van der Waals surface area contributed by atoms with Crippen LogP contribution < -0.4 is 5.32 Å². The van der Waals surface area contributed by atoms with E-state index in [-0.39, 0.29) is 17.2 Å². The van der Waals surface area contributed by atoms with Crippen molar-refractivity contribution in [1.82, 2.24) is 4.98 Å². The average molecular weight is 308 g/mol. The van der Waals surface area contributed by atoms with Gasteiger partial charge in [-0.25, -0.2) is 9.78 Å². The van der Waals surface area contributed by atoms with Gasteiger partial charge < -0.3 is 10.4 Å². The Morgan fingerprint density at radius 1 is 1.45 bits per heavy atom. The zero-order valence-corrected chi connectivity index (χ0v) is 12.3. The zero-order chi connectivity index (χ0) is 14.5. The van der Waals surface area contributed by atoms with Crippen molar-refractivity contribution in [3.8, 4) is 0 Å². The monoisotopic (exact) mass is 308 g/mol. The molecule has 0 unspecified atom stereocenters. The van der Waals surface area contributed by atoms with Crippen molar-refractivity contribution < 1.29 is 14.7 Å². The van der Waals surface area contributed by atoms with Gasteiger partial charge in [0.25, 0.3) is 0 Å². The molecule has 0 radical (unpaired) electrons. The fourth-order valence-corrected chi connectivity index (χ4v) is 2.79. The molecule has 104 valence electrons. The standard InChI is InChI=1S/C13H12N2O3S2/c1-8-2-3-9(6-10(8)12(17)18)20-7-11(16)15-13-14-4-5-19-13/h2-6H,7H2,1H3,(H,17,18)(H,14,15,16). The number of carboxylic acid groups (broad SMARTS) is 1. The molecule has 1 heterocycles. The summed E-state index contributed by atoms with van der Waals surface area (Å²) in [6.07, 6.45) is 1.62. The van der Waals surface area contributed by atoms with Crippen molar-refractivity contribution in [2.45, 2.75) is 11.8 Å². The van der Waals surface area contributed by atoms with E-state index in [1.54, 1.807) is 30.6 Å². The minimum atomic E-state index is -0.961. The van der Waals surface area contributed by atoms with Crippen molar-refractivity contribution in [1.29, 1.82) is 0 Å². The number of benzene rings is 1. The number of amides is 1. The molecular formula is C13H12N2O3S2. The maximum Gasteiger partial charge on any atom is 0.335 e. The third-order valence-corrected chi connectivity index (χ3v) is 4.17. The van der Waals surface area contributed by atoms with Gasteiger partial charge in [0.2, 0.25) is 5.91 Å². The van der Waals surface area contributed by atoms with Gasteiger partial charge >= 0.3 is 5.97 Å². The summed E-state index contributed by atoms with van der Waals surface area (Å²) in [5.41, 5.74) is 0.962. The third-order valence-electron chi connectivity index (χ3n) is 2.49. The van der Waals surface area contributed by atoms with Gasteiger partial charge in [0.1, 0.15) is 0 Å². The fraction of sp³-hybridized carbons (Fsp3) is 0.154. The summed E-state index contributed by atoms with van der Waals surface area (Å²) in [4.78, 5) is 27.4. The molecule has 1 aromatic heterocycles. The molecular weight excluding hydrogens is 296 g/mol. The van der Waals surface area contributed by atoms with Gasteiger partial charge in [0.05, 0.1) is 11.3 Å². The number of carboxylic acids is 1. The molecule has 0 fully saturated rings. The van der Waals surface area contributed by atoms with Gasteiger partial charge in [0.15, 0.2) is 5.13 Å². The van der Waals surface area contributed by atoms with E-state index < -0.39 is 5.97 Å². The first-order valence-electron chi connectivity index (χ1n) is 5.72. The maximum atomic E-state index is 11.7. The molecule has 0 aliphatic rings. The number of nitrogens with one attached hydrogen (secondary N) is 1. The highest BCUT2D eigenvalue weighted by Gasteiger charge is 2.10. The first-order valence-corrected chi connectivity index (χ1v) is 7.59. The Hall–Kier alpha value is -1.86. The number of aromatic nitrogens is 1. The number of nitrogens with zero attached hydrogens (tertiary/aromatic N) is 1. The van der Waals surface area contributed by atoms with Crippen LogP contribution in [0.3, 0.4) is 0 Å². The van der Waals surface area contributed by atoms with Crippen LogP contribution in [0.25, 0.3) is 0 Å². The van der Waals surface area contributed by atoms with Crippen molar-refractivity contribution >= 4 is 40.1 Å². The van der Waals surface area contributed by atoms with E-state index in [9.17, 15) is 9.59 Å². The van der Waals surface area contributed by atoms with Gasteiger partial charge in [-0.2, -0.15) is 0 Å². The number of hydrogen-bond acceptors (Lipinski definition) is 5. The number of carbonyl (C=O) groups excluding carboxylic acids is 1. The first-order chi connectivity index (χ1) is 9.56. The summed E-state index contributed by atoms with van der Waals surface area (Å²) in [5, 5.41) is 14.1. The van der Waals surface area contributed by atoms with Crippen molar-refractivity contribution in [2.24, 2.45) is 0 Å². The second kappa shape index (κ2) is 6.53. The van der Waals surface area contributed by atoms with Crippen LogP contribution in [0.4, 0.5) is 5.13 Å². The molecule has 2 aromatic rings. The summed E-state index contributed by atoms with van der Waals surface area (Å²) < 4.78 is 0. The quantitative estimate of drug-likeness (QED) is 0.830. The highest BCUT2D eigenvalue weighted by molar-refractivity contribution is 8.00. The van der Waals surface area contributed by atoms with Crippen LogP contribution in [0.15, 0.2) is 34.7 Å². The molecule has 7 heteroatoms. The lowest BCUT2D eigenvalue weighted by Gasteiger charge is -2.05. The van der Waals surface area contributed by atoms with Gasteiger partial charge in [-0.05, 0) is 24.6 Å². The van der Waals surface area contributed by atoms with E-state index in [0.29, 0.717) is 10.7 Å². The number of hydrogen-bond donors (Lipinski definition) is 2. The number of carbonyl (C=O) groups is 2. The molecule has 0 bridgehead atoms. The van der Waals surface area contributed by atoms with Gasteiger partial charge in [-0.1, -0.05) is 6.07 Å². The largest absolute Gasteiger partial charge is 0.478 e. The van der Waals surface area contributed by atoms with Crippen LogP contribution in [-0.4, -0.2) is 27.7 Å². The van der Waals surface area contributed by atoms with Gasteiger partial charge in [-0.3, -0.25) is 4.79 Å². The summed E-state index contributed by atoms with van der Waals surface area (Å²) in [5.74, 6) is -0.915. The molecule has 20 heavy (non-hydrogen) atoms. The Morgan fingerprint density at radius 3 is 2.90 bits per heavy atom. The second-order valence-corrected chi connectivity index (χ2v) is 5.90. The van der Waals surface area contributed by atoms with Crippen LogP contribution in [0.2, 0.25) is 0 Å². The van der Waals surface area contributed by atoms with Crippen LogP contribution in [-0.2, 0) is 4.79 Å². The zero-order valence-electron chi connectivity index (χ0n) is 10.6. The summed E-state index contributed by atoms with van der Waals surface area (Å²) in [7, 11) is 0. The second-order valence-electron chi connectivity index (χ2n) is 3.96. The summed E-state index contributed by atoms with van der Waals surface area (Å²) >= 11 is 2.64. The highest BCUT2D eigenvalue weighted by Crippen LogP contribution is 2.22. The Bertz CT molecular complexity index is 627. The van der Waals surface area contributed by atoms with E-state index in [4.69, 9.17) is 5.11 Å². The van der Waals surface area contributed by atoms with E-state index in [2.05, 4.69) is 10.3 Å². The van der Waals surface area contributed by atoms with E-state index in [1.807, 2.05) is 6.07 Å². The number of rotatable bonds is 5. The van der Waals surface area contributed by atoms with Gasteiger partial charge in [0, 0.05) is 16.5 Å². The molecule has 0 saturated carbocycles. The SMILES string of the molecule is Cc1ccc(SCC(=O)Nc2nccs2)cc1C(=O)O. The summed E-state index contributed by atoms with van der Waals surface area (Å²) in [6, 6.07) is 5.13. The number of aromatic carboxylic acids is 1. The minimum absolute atomic E-state index is 0.164. The lowest BCUT2D eigenvalue weighted by Crippen LogP contribution is -2.13. The molecule has 1 aromatic carbocycles. The number of thioether (sulfide) groups is 1.